The lowest BCUT2D eigenvalue weighted by atomic mass is 10.1. The minimum Gasteiger partial charge on any atom is -0.443 e. The van der Waals surface area contributed by atoms with Gasteiger partial charge in [0.05, 0.1) is 24.1 Å². The van der Waals surface area contributed by atoms with E-state index < -0.39 is 11.7 Å². The van der Waals surface area contributed by atoms with Crippen LogP contribution >= 0.6 is 0 Å². The number of likely N-dealkylation sites (N-methyl/N-ethyl adjacent to an activating group) is 1. The summed E-state index contributed by atoms with van der Waals surface area (Å²) in [6, 6.07) is 12.3. The maximum atomic E-state index is 13.5. The van der Waals surface area contributed by atoms with Crippen LogP contribution in [0.15, 0.2) is 42.6 Å². The number of hydrogen-bond acceptors (Lipinski definition) is 6. The average Bonchev–Trinajstić information content (AvgIpc) is 3.55. The molecule has 2 fully saturated rings. The second-order valence-electron chi connectivity index (χ2n) is 10.9. The molecule has 0 radical (unpaired) electrons. The summed E-state index contributed by atoms with van der Waals surface area (Å²) in [5.41, 5.74) is 2.90. The normalized spacial score (nSPS) is 19.0. The predicted octanol–water partition coefficient (Wildman–Crippen LogP) is 5.05. The molecule has 1 saturated carbocycles. The summed E-state index contributed by atoms with van der Waals surface area (Å²) >= 11 is 0. The van der Waals surface area contributed by atoms with Crippen LogP contribution in [0.2, 0.25) is 0 Å². The van der Waals surface area contributed by atoms with Gasteiger partial charge in [0.2, 0.25) is 0 Å². The van der Waals surface area contributed by atoms with Crippen LogP contribution in [-0.2, 0) is 11.3 Å². The molecule has 1 saturated heterocycles. The summed E-state index contributed by atoms with van der Waals surface area (Å²) in [7, 11) is 2.15. The van der Waals surface area contributed by atoms with Gasteiger partial charge in [-0.15, -0.1) is 5.10 Å². The van der Waals surface area contributed by atoms with Crippen molar-refractivity contribution in [3.05, 3.63) is 53.9 Å². The lowest BCUT2D eigenvalue weighted by Gasteiger charge is -2.31. The van der Waals surface area contributed by atoms with Crippen molar-refractivity contribution in [1.29, 1.82) is 0 Å². The van der Waals surface area contributed by atoms with Crippen LogP contribution in [0.25, 0.3) is 5.65 Å². The molecule has 8 heteroatoms. The molecule has 2 aromatic heterocycles. The van der Waals surface area contributed by atoms with E-state index in [4.69, 9.17) is 14.8 Å². The molecule has 1 aliphatic carbocycles. The first-order valence-electron chi connectivity index (χ1n) is 12.6. The van der Waals surface area contributed by atoms with Gasteiger partial charge in [0.25, 0.3) is 0 Å². The number of likely N-dealkylation sites (tertiary alicyclic amines) is 1. The third-order valence-electron chi connectivity index (χ3n) is 6.53. The number of imidazole rings is 1. The smallest absolute Gasteiger partial charge is 0.415 e. The van der Waals surface area contributed by atoms with E-state index in [0.29, 0.717) is 29.8 Å². The maximum absolute atomic E-state index is 13.5. The number of hydrogen-bond donors (Lipinski definition) is 1. The van der Waals surface area contributed by atoms with Crippen LogP contribution in [0.4, 0.5) is 16.3 Å². The van der Waals surface area contributed by atoms with Gasteiger partial charge in [0, 0.05) is 24.6 Å². The van der Waals surface area contributed by atoms with Crippen molar-refractivity contribution in [2.75, 3.05) is 30.4 Å². The Morgan fingerprint density at radius 3 is 2.66 bits per heavy atom. The molecule has 3 heterocycles. The number of benzene rings is 1. The molecule has 8 nitrogen and oxygen atoms in total. The summed E-state index contributed by atoms with van der Waals surface area (Å²) in [6.07, 6.45) is 6.06. The maximum Gasteiger partial charge on any atom is 0.415 e. The van der Waals surface area contributed by atoms with Crippen LogP contribution in [0.1, 0.15) is 63.6 Å². The van der Waals surface area contributed by atoms with Crippen LogP contribution in [0, 0.1) is 0 Å². The summed E-state index contributed by atoms with van der Waals surface area (Å²) in [5, 5.41) is 8.59. The zero-order valence-electron chi connectivity index (χ0n) is 21.2. The number of aromatic nitrogens is 3. The molecule has 5 rings (SSSR count). The van der Waals surface area contributed by atoms with Gasteiger partial charge in [0.15, 0.2) is 5.65 Å². The Morgan fingerprint density at radius 2 is 1.97 bits per heavy atom. The molecule has 1 amide bonds. The zero-order chi connectivity index (χ0) is 24.6. The zero-order valence-corrected chi connectivity index (χ0v) is 21.2. The van der Waals surface area contributed by atoms with Gasteiger partial charge in [-0.25, -0.2) is 14.3 Å². The van der Waals surface area contributed by atoms with Crippen LogP contribution in [0.3, 0.4) is 0 Å². The van der Waals surface area contributed by atoms with Crippen molar-refractivity contribution in [1.82, 2.24) is 19.5 Å². The minimum atomic E-state index is -0.613. The Balaban J connectivity index is 1.57. The van der Waals surface area contributed by atoms with Gasteiger partial charge < -0.3 is 15.0 Å². The number of nitrogens with zero attached hydrogens (tertiary/aromatic N) is 5. The van der Waals surface area contributed by atoms with E-state index >= 15 is 0 Å². The number of anilines is 2. The van der Waals surface area contributed by atoms with E-state index in [9.17, 15) is 4.79 Å². The summed E-state index contributed by atoms with van der Waals surface area (Å²) in [6.45, 7) is 8.14. The molecular weight excluding hydrogens is 440 g/mol. The fraction of sp³-hybridized carbons (Fsp3) is 0.519. The molecule has 1 aliphatic heterocycles. The van der Waals surface area contributed by atoms with E-state index in [1.807, 2.05) is 67.9 Å². The number of fused-ring (bicyclic) bond motifs is 1. The highest BCUT2D eigenvalue weighted by Gasteiger charge is 2.31. The van der Waals surface area contributed by atoms with Crippen LogP contribution in [-0.4, -0.2) is 57.4 Å². The Morgan fingerprint density at radius 1 is 1.20 bits per heavy atom. The lowest BCUT2D eigenvalue weighted by molar-refractivity contribution is 0.0577. The van der Waals surface area contributed by atoms with Gasteiger partial charge in [-0.05, 0) is 65.6 Å². The third kappa shape index (κ3) is 5.59. The van der Waals surface area contributed by atoms with E-state index in [-0.39, 0.29) is 0 Å². The number of piperidine rings is 1. The van der Waals surface area contributed by atoms with Gasteiger partial charge in [-0.2, -0.15) is 0 Å². The Bertz CT molecular complexity index is 1180. The number of carbonyl (C=O) groups excluding carboxylic acids is 1. The fourth-order valence-corrected chi connectivity index (χ4v) is 4.72. The van der Waals surface area contributed by atoms with Crippen molar-refractivity contribution in [2.45, 2.75) is 70.6 Å². The average molecular weight is 477 g/mol. The molecular formula is C27H36N6O2. The van der Waals surface area contributed by atoms with Gasteiger partial charge in [0.1, 0.15) is 11.4 Å². The molecule has 1 atom stereocenters. The molecule has 0 bridgehead atoms. The lowest BCUT2D eigenvalue weighted by Crippen LogP contribution is -2.40. The molecule has 2 aliphatic rings. The molecule has 3 aromatic rings. The summed E-state index contributed by atoms with van der Waals surface area (Å²) in [5.74, 6) is 1.24. The second-order valence-corrected chi connectivity index (χ2v) is 10.9. The first-order valence-corrected chi connectivity index (χ1v) is 12.6. The van der Waals surface area contributed by atoms with E-state index in [0.717, 1.165) is 55.8 Å². The summed E-state index contributed by atoms with van der Waals surface area (Å²) in [4.78, 5) is 22.3. The number of amides is 1. The first kappa shape index (κ1) is 23.6. The SMILES string of the molecule is CN1CCC[C@H](Nc2cc(N(Cc3ccccc3)C(=O)OC(C)(C)C)c3ncc(C4CC4)n3n2)C1. The largest absolute Gasteiger partial charge is 0.443 e. The highest BCUT2D eigenvalue weighted by atomic mass is 16.6. The van der Waals surface area contributed by atoms with Gasteiger partial charge >= 0.3 is 6.09 Å². The van der Waals surface area contributed by atoms with E-state index in [1.165, 1.54) is 0 Å². The minimum absolute atomic E-state index is 0.309. The molecule has 186 valence electrons. The molecule has 1 N–H and O–H groups in total. The monoisotopic (exact) mass is 476 g/mol. The van der Waals surface area contributed by atoms with Crippen LogP contribution < -0.4 is 10.2 Å². The third-order valence-corrected chi connectivity index (χ3v) is 6.53. The topological polar surface area (TPSA) is 75.0 Å². The molecule has 0 spiro atoms. The van der Waals surface area contributed by atoms with Crippen molar-refractivity contribution >= 4 is 23.2 Å². The van der Waals surface area contributed by atoms with Crippen molar-refractivity contribution in [3.8, 4) is 0 Å². The van der Waals surface area contributed by atoms with Crippen molar-refractivity contribution in [3.63, 3.8) is 0 Å². The molecule has 1 aromatic carbocycles. The Labute approximate surface area is 207 Å². The highest BCUT2D eigenvalue weighted by molar-refractivity contribution is 5.93. The molecule has 0 unspecified atom stereocenters. The van der Waals surface area contributed by atoms with Gasteiger partial charge in [-0.1, -0.05) is 30.3 Å². The fourth-order valence-electron chi connectivity index (χ4n) is 4.72. The number of ether oxygens (including phenoxy) is 1. The van der Waals surface area contributed by atoms with E-state index in [1.54, 1.807) is 4.90 Å². The quantitative estimate of drug-likeness (QED) is 0.536. The van der Waals surface area contributed by atoms with Crippen molar-refractivity contribution in [2.24, 2.45) is 0 Å². The standard InChI is InChI=1S/C27H36N6O2/c1-27(2,3)35-26(34)32(17-19-9-6-5-7-10-19)22-15-24(29-21-11-8-14-31(4)18-21)30-33-23(20-12-13-20)16-28-25(22)33/h5-7,9-10,15-16,20-21H,8,11-14,17-18H2,1-4H3,(H,29,30)/t21-/m0/s1. The number of carbonyl (C=O) groups is 1. The molecule has 35 heavy (non-hydrogen) atoms. The second kappa shape index (κ2) is 9.49. The van der Waals surface area contributed by atoms with Crippen molar-refractivity contribution < 1.29 is 9.53 Å². The number of rotatable bonds is 6. The number of nitrogens with one attached hydrogen (secondary N) is 1. The van der Waals surface area contributed by atoms with E-state index in [2.05, 4.69) is 17.3 Å². The van der Waals surface area contributed by atoms with Gasteiger partial charge in [-0.3, -0.25) is 4.90 Å². The predicted molar refractivity (Wildman–Crippen MR) is 138 cm³/mol. The highest BCUT2D eigenvalue weighted by Crippen LogP contribution is 2.41. The van der Waals surface area contributed by atoms with Crippen LogP contribution in [0.5, 0.6) is 0 Å². The Hall–Kier alpha value is -3.13. The Kier molecular flexibility index (Phi) is 6.40. The first-order chi connectivity index (χ1) is 16.8. The summed E-state index contributed by atoms with van der Waals surface area (Å²) < 4.78 is 7.78.